The SMILES string of the molecule is CC(C)(C)[Si](C)(C)O[C@@H]1C/C(=C\S(=O)c2ccccc2)[C@@H](CS(=O)c2ccccc2)[C@@H](O[Si](C)(C)C(C)(C)C)C1. The van der Waals surface area contributed by atoms with Crippen LogP contribution in [0.3, 0.4) is 0 Å². The van der Waals surface area contributed by atoms with E-state index in [1.165, 1.54) is 0 Å². The summed E-state index contributed by atoms with van der Waals surface area (Å²) in [5.74, 6) is 0.329. The maximum absolute atomic E-state index is 13.7. The first-order valence-electron chi connectivity index (χ1n) is 14.4. The maximum atomic E-state index is 13.7. The van der Waals surface area contributed by atoms with Gasteiger partial charge in [0.25, 0.3) is 0 Å². The molecule has 8 heteroatoms. The average Bonchev–Trinajstić information content (AvgIpc) is 2.85. The average molecular weight is 619 g/mol. The second kappa shape index (κ2) is 13.0. The summed E-state index contributed by atoms with van der Waals surface area (Å²) < 4.78 is 41.4. The van der Waals surface area contributed by atoms with Crippen LogP contribution in [-0.4, -0.2) is 43.0 Å². The Morgan fingerprint density at radius 2 is 1.25 bits per heavy atom. The van der Waals surface area contributed by atoms with E-state index in [1.807, 2.05) is 66.1 Å². The predicted molar refractivity (Wildman–Crippen MR) is 176 cm³/mol. The normalized spacial score (nSPS) is 23.6. The van der Waals surface area contributed by atoms with Crippen molar-refractivity contribution in [1.29, 1.82) is 0 Å². The van der Waals surface area contributed by atoms with Crippen LogP contribution in [0.25, 0.3) is 0 Å². The molecular weight excluding hydrogens is 569 g/mol. The summed E-state index contributed by atoms with van der Waals surface area (Å²) in [5.41, 5.74) is 1.05. The molecule has 1 aliphatic carbocycles. The van der Waals surface area contributed by atoms with Crippen molar-refractivity contribution in [2.75, 3.05) is 5.75 Å². The van der Waals surface area contributed by atoms with Crippen molar-refractivity contribution >= 4 is 38.2 Å². The summed E-state index contributed by atoms with van der Waals surface area (Å²) in [6, 6.07) is 19.2. The highest BCUT2D eigenvalue weighted by molar-refractivity contribution is 7.88. The molecule has 0 heterocycles. The van der Waals surface area contributed by atoms with Gasteiger partial charge in [-0.25, -0.2) is 4.21 Å². The zero-order chi connectivity index (χ0) is 29.9. The Balaban J connectivity index is 2.08. The topological polar surface area (TPSA) is 52.6 Å². The summed E-state index contributed by atoms with van der Waals surface area (Å²) in [4.78, 5) is 1.59. The van der Waals surface area contributed by atoms with E-state index in [2.05, 4.69) is 67.7 Å². The molecule has 2 unspecified atom stereocenters. The van der Waals surface area contributed by atoms with Gasteiger partial charge in [0.2, 0.25) is 0 Å². The predicted octanol–water partition coefficient (Wildman–Crippen LogP) is 8.68. The number of rotatable bonds is 9. The third kappa shape index (κ3) is 8.45. The molecule has 2 aromatic rings. The van der Waals surface area contributed by atoms with Crippen molar-refractivity contribution in [3.63, 3.8) is 0 Å². The van der Waals surface area contributed by atoms with Crippen LogP contribution in [0.5, 0.6) is 0 Å². The number of hydrogen-bond acceptors (Lipinski definition) is 4. The molecule has 0 bridgehead atoms. The van der Waals surface area contributed by atoms with Gasteiger partial charge < -0.3 is 8.85 Å². The second-order valence-corrected chi connectivity index (χ2v) is 26.4. The van der Waals surface area contributed by atoms with Crippen LogP contribution in [0.2, 0.25) is 36.3 Å². The van der Waals surface area contributed by atoms with Crippen LogP contribution >= 0.6 is 0 Å². The minimum atomic E-state index is -2.17. The smallest absolute Gasteiger partial charge is 0.192 e. The minimum Gasteiger partial charge on any atom is -0.414 e. The molecule has 1 aliphatic rings. The highest BCUT2D eigenvalue weighted by Gasteiger charge is 2.46. The Bertz CT molecular complexity index is 1200. The summed E-state index contributed by atoms with van der Waals surface area (Å²) >= 11 is 0. The standard InChI is InChI=1S/C32H50O4S2Si2/c1-31(2,3)39(7,8)35-26-21-25(23-37(33)27-17-13-11-14-18-27)29(24-38(34)28-19-15-12-16-20-28)30(22-26)36-40(9,10)32(4,5)6/h11-20,23,26,29-30H,21-22,24H2,1-10H3/b25-23+/t26-,29-,30+,37?,38?/m1/s1. The first-order valence-corrected chi connectivity index (χ1v) is 22.7. The third-order valence-corrected chi connectivity index (χ3v) is 20.7. The highest BCUT2D eigenvalue weighted by Crippen LogP contribution is 2.45. The van der Waals surface area contributed by atoms with E-state index in [0.717, 1.165) is 21.8 Å². The van der Waals surface area contributed by atoms with E-state index in [1.54, 1.807) is 0 Å². The summed E-state index contributed by atoms with van der Waals surface area (Å²) in [6.45, 7) is 22.7. The maximum Gasteiger partial charge on any atom is 0.192 e. The van der Waals surface area contributed by atoms with Gasteiger partial charge in [-0.1, -0.05) is 83.5 Å². The van der Waals surface area contributed by atoms with E-state index >= 15 is 0 Å². The lowest BCUT2D eigenvalue weighted by Gasteiger charge is -2.47. The Morgan fingerprint density at radius 3 is 1.75 bits per heavy atom. The van der Waals surface area contributed by atoms with Gasteiger partial charge in [0.05, 0.1) is 33.8 Å². The van der Waals surface area contributed by atoms with Gasteiger partial charge >= 0.3 is 0 Å². The molecule has 0 spiro atoms. The van der Waals surface area contributed by atoms with Crippen molar-refractivity contribution in [3.8, 4) is 0 Å². The number of benzene rings is 2. The first kappa shape index (κ1) is 33.3. The molecule has 1 fully saturated rings. The summed E-state index contributed by atoms with van der Waals surface area (Å²) in [6.07, 6.45) is 1.25. The zero-order valence-electron chi connectivity index (χ0n) is 26.2. The Labute approximate surface area is 250 Å². The van der Waals surface area contributed by atoms with Crippen LogP contribution in [0.1, 0.15) is 54.4 Å². The van der Waals surface area contributed by atoms with Crippen molar-refractivity contribution in [2.45, 2.75) is 113 Å². The van der Waals surface area contributed by atoms with Crippen molar-refractivity contribution in [1.82, 2.24) is 0 Å². The molecule has 0 amide bonds. The van der Waals surface area contributed by atoms with Gasteiger partial charge in [-0.3, -0.25) is 4.21 Å². The minimum absolute atomic E-state index is 0.0279. The van der Waals surface area contributed by atoms with E-state index < -0.39 is 38.2 Å². The lowest BCUT2D eigenvalue weighted by atomic mass is 9.82. The lowest BCUT2D eigenvalue weighted by Crippen LogP contribution is -2.52. The van der Waals surface area contributed by atoms with E-state index in [4.69, 9.17) is 8.85 Å². The molecule has 0 aromatic heterocycles. The third-order valence-electron chi connectivity index (χ3n) is 8.97. The van der Waals surface area contributed by atoms with Crippen LogP contribution in [-0.2, 0) is 30.5 Å². The fraction of sp³-hybridized carbons (Fsp3) is 0.562. The molecule has 2 aromatic carbocycles. The van der Waals surface area contributed by atoms with E-state index in [0.29, 0.717) is 12.2 Å². The Kier molecular flexibility index (Phi) is 10.8. The highest BCUT2D eigenvalue weighted by atomic mass is 32.2. The molecule has 40 heavy (non-hydrogen) atoms. The van der Waals surface area contributed by atoms with Crippen molar-refractivity contribution in [2.24, 2.45) is 5.92 Å². The van der Waals surface area contributed by atoms with Gasteiger partial charge in [-0.2, -0.15) is 0 Å². The molecule has 1 saturated carbocycles. The van der Waals surface area contributed by atoms with Crippen molar-refractivity contribution < 1.29 is 17.3 Å². The van der Waals surface area contributed by atoms with Crippen LogP contribution < -0.4 is 0 Å². The zero-order valence-corrected chi connectivity index (χ0v) is 29.8. The molecule has 222 valence electrons. The molecule has 0 saturated heterocycles. The molecule has 3 rings (SSSR count). The largest absolute Gasteiger partial charge is 0.414 e. The van der Waals surface area contributed by atoms with Gasteiger partial charge in [-0.15, -0.1) is 0 Å². The van der Waals surface area contributed by atoms with Crippen LogP contribution in [0.4, 0.5) is 0 Å². The van der Waals surface area contributed by atoms with Gasteiger partial charge in [0, 0.05) is 26.9 Å². The van der Waals surface area contributed by atoms with Crippen LogP contribution in [0.15, 0.2) is 81.4 Å². The first-order chi connectivity index (χ1) is 18.4. The summed E-state index contributed by atoms with van der Waals surface area (Å²) in [5, 5.41) is 2.01. The monoisotopic (exact) mass is 618 g/mol. The Hall–Kier alpha value is -1.17. The fourth-order valence-corrected chi connectivity index (χ4v) is 9.72. The van der Waals surface area contributed by atoms with Gasteiger partial charge in [0.15, 0.2) is 16.6 Å². The van der Waals surface area contributed by atoms with Crippen LogP contribution in [0, 0.1) is 5.92 Å². The molecule has 5 atom stereocenters. The van der Waals surface area contributed by atoms with Gasteiger partial charge in [-0.05, 0) is 73.4 Å². The molecular formula is C32H50O4S2Si2. The van der Waals surface area contributed by atoms with E-state index in [9.17, 15) is 8.42 Å². The molecule has 4 nitrogen and oxygen atoms in total. The van der Waals surface area contributed by atoms with Crippen molar-refractivity contribution in [3.05, 3.63) is 71.6 Å². The van der Waals surface area contributed by atoms with E-state index in [-0.39, 0.29) is 28.2 Å². The Morgan fingerprint density at radius 1 is 0.775 bits per heavy atom. The summed E-state index contributed by atoms with van der Waals surface area (Å²) in [7, 11) is -6.77. The lowest BCUT2D eigenvalue weighted by molar-refractivity contribution is 0.0466. The number of hydrogen-bond donors (Lipinski definition) is 0. The molecule has 0 aliphatic heterocycles. The molecule has 0 radical (unpaired) electrons. The fourth-order valence-electron chi connectivity index (χ4n) is 4.47. The molecule has 0 N–H and O–H groups in total. The quantitative estimate of drug-likeness (QED) is 0.264. The van der Waals surface area contributed by atoms with Gasteiger partial charge in [0.1, 0.15) is 0 Å². The second-order valence-electron chi connectivity index (χ2n) is 14.1.